The maximum atomic E-state index is 11.3. The zero-order valence-corrected chi connectivity index (χ0v) is 12.9. The number of allylic oxidation sites excluding steroid dienone is 2. The Hall–Kier alpha value is -0.890. The van der Waals surface area contributed by atoms with Crippen LogP contribution in [0.4, 0.5) is 0 Å². The van der Waals surface area contributed by atoms with Crippen LogP contribution in [0.15, 0.2) is 23.8 Å². The molecule has 0 heterocycles. The summed E-state index contributed by atoms with van der Waals surface area (Å²) in [5, 5.41) is 0. The van der Waals surface area contributed by atoms with Crippen LogP contribution in [-0.2, 0) is 9.53 Å². The quantitative estimate of drug-likeness (QED) is 0.498. The van der Waals surface area contributed by atoms with Crippen LogP contribution in [0.3, 0.4) is 0 Å². The van der Waals surface area contributed by atoms with Gasteiger partial charge in [-0.05, 0) is 51.3 Å². The van der Waals surface area contributed by atoms with E-state index in [2.05, 4.69) is 26.8 Å². The van der Waals surface area contributed by atoms with Crippen molar-refractivity contribution in [3.05, 3.63) is 23.8 Å². The molecule has 0 aromatic heterocycles. The molecule has 0 spiro atoms. The van der Waals surface area contributed by atoms with E-state index in [1.807, 2.05) is 33.8 Å². The fraction of sp³-hybridized carbons (Fsp3) is 0.688. The second kappa shape index (κ2) is 7.52. The van der Waals surface area contributed by atoms with Crippen molar-refractivity contribution < 1.29 is 9.53 Å². The van der Waals surface area contributed by atoms with Gasteiger partial charge >= 0.3 is 0 Å². The molecule has 0 bridgehead atoms. The Morgan fingerprint density at radius 1 is 1.28 bits per heavy atom. The third-order valence-electron chi connectivity index (χ3n) is 2.74. The van der Waals surface area contributed by atoms with Crippen LogP contribution in [-0.4, -0.2) is 17.5 Å². The molecule has 0 aliphatic heterocycles. The number of carbonyl (C=O) groups excluding carboxylic acids is 1. The molecule has 0 aliphatic rings. The van der Waals surface area contributed by atoms with E-state index < -0.39 is 5.60 Å². The summed E-state index contributed by atoms with van der Waals surface area (Å²) in [4.78, 5) is 11.3. The molecule has 0 N–H and O–H groups in total. The van der Waals surface area contributed by atoms with E-state index in [9.17, 15) is 4.79 Å². The highest BCUT2D eigenvalue weighted by Gasteiger charge is 2.19. The van der Waals surface area contributed by atoms with E-state index in [4.69, 9.17) is 4.74 Å². The van der Waals surface area contributed by atoms with E-state index in [1.54, 1.807) is 6.08 Å². The molecule has 0 aromatic rings. The Morgan fingerprint density at radius 3 is 2.28 bits per heavy atom. The highest BCUT2D eigenvalue weighted by molar-refractivity contribution is 5.89. The van der Waals surface area contributed by atoms with Crippen LogP contribution in [0.1, 0.15) is 54.9 Å². The molecule has 1 atom stereocenters. The summed E-state index contributed by atoms with van der Waals surface area (Å²) in [5.74, 6) is 0.658. The van der Waals surface area contributed by atoms with Gasteiger partial charge in [0, 0.05) is 6.42 Å². The van der Waals surface area contributed by atoms with Gasteiger partial charge in [0.05, 0.1) is 11.7 Å². The predicted octanol–water partition coefficient (Wildman–Crippen LogP) is 4.31. The van der Waals surface area contributed by atoms with Crippen molar-refractivity contribution in [3.63, 3.8) is 0 Å². The zero-order valence-electron chi connectivity index (χ0n) is 12.9. The minimum Gasteiger partial charge on any atom is -0.364 e. The van der Waals surface area contributed by atoms with Crippen molar-refractivity contribution in [2.24, 2.45) is 5.92 Å². The van der Waals surface area contributed by atoms with E-state index in [0.29, 0.717) is 12.3 Å². The lowest BCUT2D eigenvalue weighted by molar-refractivity contribution is -0.114. The lowest BCUT2D eigenvalue weighted by Crippen LogP contribution is -2.28. The standard InChI is InChI=1S/C16H28O2/c1-8-15(17)9-10-16(6,7)18-14(5)13(4)11-12(2)3/h9-12,14H,8H2,1-7H3. The molecular weight excluding hydrogens is 224 g/mol. The van der Waals surface area contributed by atoms with Gasteiger partial charge in [-0.15, -0.1) is 0 Å². The van der Waals surface area contributed by atoms with Gasteiger partial charge in [0.2, 0.25) is 0 Å². The van der Waals surface area contributed by atoms with Crippen molar-refractivity contribution in [1.29, 1.82) is 0 Å². The Bertz CT molecular complexity index is 322. The highest BCUT2D eigenvalue weighted by atomic mass is 16.5. The van der Waals surface area contributed by atoms with Gasteiger partial charge in [0.25, 0.3) is 0 Å². The van der Waals surface area contributed by atoms with E-state index in [0.717, 1.165) is 0 Å². The molecule has 0 fully saturated rings. The molecule has 2 heteroatoms. The van der Waals surface area contributed by atoms with E-state index in [-0.39, 0.29) is 11.9 Å². The Balaban J connectivity index is 4.57. The number of rotatable bonds is 7. The summed E-state index contributed by atoms with van der Waals surface area (Å²) in [5.41, 5.74) is 0.810. The maximum absolute atomic E-state index is 11.3. The predicted molar refractivity (Wildman–Crippen MR) is 77.7 cm³/mol. The molecule has 18 heavy (non-hydrogen) atoms. The second-order valence-corrected chi connectivity index (χ2v) is 5.67. The average molecular weight is 252 g/mol. The summed E-state index contributed by atoms with van der Waals surface area (Å²) in [6.45, 7) is 14.3. The highest BCUT2D eigenvalue weighted by Crippen LogP contribution is 2.19. The summed E-state index contributed by atoms with van der Waals surface area (Å²) in [7, 11) is 0. The van der Waals surface area contributed by atoms with Crippen LogP contribution in [0.25, 0.3) is 0 Å². The first-order valence-electron chi connectivity index (χ1n) is 6.76. The summed E-state index contributed by atoms with van der Waals surface area (Å²) in [6, 6.07) is 0. The van der Waals surface area contributed by atoms with Crippen molar-refractivity contribution in [1.82, 2.24) is 0 Å². The van der Waals surface area contributed by atoms with Crippen molar-refractivity contribution in [2.75, 3.05) is 0 Å². The molecular formula is C16H28O2. The second-order valence-electron chi connectivity index (χ2n) is 5.67. The molecule has 0 rings (SSSR count). The van der Waals surface area contributed by atoms with Crippen molar-refractivity contribution in [2.45, 2.75) is 66.6 Å². The van der Waals surface area contributed by atoms with Crippen molar-refractivity contribution in [3.8, 4) is 0 Å². The largest absolute Gasteiger partial charge is 0.364 e. The van der Waals surface area contributed by atoms with Gasteiger partial charge < -0.3 is 4.74 Å². The third kappa shape index (κ3) is 7.44. The summed E-state index contributed by atoms with van der Waals surface area (Å²) < 4.78 is 5.99. The molecule has 0 aliphatic carbocycles. The van der Waals surface area contributed by atoms with Crippen LogP contribution in [0, 0.1) is 5.92 Å². The minimum absolute atomic E-state index is 0.0591. The monoisotopic (exact) mass is 252 g/mol. The molecule has 0 saturated carbocycles. The third-order valence-corrected chi connectivity index (χ3v) is 2.74. The lowest BCUT2D eigenvalue weighted by Gasteiger charge is -2.27. The van der Waals surface area contributed by atoms with Crippen LogP contribution in [0.2, 0.25) is 0 Å². The number of ether oxygens (including phenoxy) is 1. The molecule has 0 aromatic carbocycles. The first-order chi connectivity index (χ1) is 8.18. The van der Waals surface area contributed by atoms with Gasteiger partial charge in [0.15, 0.2) is 5.78 Å². The maximum Gasteiger partial charge on any atom is 0.155 e. The van der Waals surface area contributed by atoms with Gasteiger partial charge in [-0.3, -0.25) is 4.79 Å². The van der Waals surface area contributed by atoms with E-state index in [1.165, 1.54) is 5.57 Å². The smallest absolute Gasteiger partial charge is 0.155 e. The minimum atomic E-state index is -0.420. The van der Waals surface area contributed by atoms with Crippen LogP contribution >= 0.6 is 0 Å². The molecule has 104 valence electrons. The number of ketones is 1. The van der Waals surface area contributed by atoms with Crippen molar-refractivity contribution >= 4 is 5.78 Å². The first-order valence-corrected chi connectivity index (χ1v) is 6.76. The molecule has 2 nitrogen and oxygen atoms in total. The summed E-state index contributed by atoms with van der Waals surface area (Å²) >= 11 is 0. The molecule has 0 radical (unpaired) electrons. The topological polar surface area (TPSA) is 26.3 Å². The Labute approximate surface area is 112 Å². The van der Waals surface area contributed by atoms with Crippen LogP contribution < -0.4 is 0 Å². The van der Waals surface area contributed by atoms with Crippen LogP contribution in [0.5, 0.6) is 0 Å². The molecule has 0 saturated heterocycles. The average Bonchev–Trinajstić information content (AvgIpc) is 2.24. The number of carbonyl (C=O) groups is 1. The SMILES string of the molecule is CCC(=O)C=CC(C)(C)OC(C)C(C)=CC(C)C. The van der Waals surface area contributed by atoms with E-state index >= 15 is 0 Å². The van der Waals surface area contributed by atoms with Gasteiger partial charge in [-0.1, -0.05) is 26.8 Å². The first kappa shape index (κ1) is 17.1. The number of hydrogen-bond acceptors (Lipinski definition) is 2. The normalized spacial score (nSPS) is 15.4. The van der Waals surface area contributed by atoms with Gasteiger partial charge in [-0.2, -0.15) is 0 Å². The van der Waals surface area contributed by atoms with Gasteiger partial charge in [0.1, 0.15) is 0 Å². The fourth-order valence-corrected chi connectivity index (χ4v) is 1.66. The Kier molecular flexibility index (Phi) is 7.15. The molecule has 1 unspecified atom stereocenters. The number of hydrogen-bond donors (Lipinski definition) is 0. The van der Waals surface area contributed by atoms with Gasteiger partial charge in [-0.25, -0.2) is 0 Å². The zero-order chi connectivity index (χ0) is 14.3. The Morgan fingerprint density at radius 2 is 1.83 bits per heavy atom. The lowest BCUT2D eigenvalue weighted by atomic mass is 10.0. The fourth-order valence-electron chi connectivity index (χ4n) is 1.66. The molecule has 0 amide bonds. The summed E-state index contributed by atoms with van der Waals surface area (Å²) in [6.07, 6.45) is 6.27.